The van der Waals surface area contributed by atoms with Crippen LogP contribution in [0.1, 0.15) is 31.3 Å². The molecule has 5 rings (SSSR count). The van der Waals surface area contributed by atoms with Crippen molar-refractivity contribution in [1.82, 2.24) is 15.0 Å². The largest absolute Gasteiger partial charge is 0.455 e. The number of ether oxygens (including phenoxy) is 1. The van der Waals surface area contributed by atoms with Crippen LogP contribution >= 0.6 is 23.2 Å². The molecule has 0 aliphatic carbocycles. The molecule has 0 amide bonds. The zero-order chi connectivity index (χ0) is 26.9. The number of hydrogen-bond acceptors (Lipinski definition) is 6. The van der Waals surface area contributed by atoms with Crippen LogP contribution in [0, 0.1) is 0 Å². The molecule has 2 heterocycles. The minimum atomic E-state index is -0.753. The Morgan fingerprint density at radius 3 is 1.82 bits per heavy atom. The normalized spacial score (nSPS) is 11.4. The molecule has 0 spiro atoms. The smallest absolute Gasteiger partial charge is 0.359 e. The first-order valence-corrected chi connectivity index (χ1v) is 12.6. The van der Waals surface area contributed by atoms with E-state index >= 15 is 0 Å². The second kappa shape index (κ2) is 10.4. The summed E-state index contributed by atoms with van der Waals surface area (Å²) in [6.45, 7) is 5.37. The number of benzene rings is 3. The Labute approximate surface area is 230 Å². The van der Waals surface area contributed by atoms with Gasteiger partial charge in [0.2, 0.25) is 5.89 Å². The lowest BCUT2D eigenvalue weighted by Crippen LogP contribution is -2.25. The second-order valence-electron chi connectivity index (χ2n) is 9.54. The summed E-state index contributed by atoms with van der Waals surface area (Å²) < 4.78 is 11.5. The van der Waals surface area contributed by atoms with Crippen LogP contribution in [0.4, 0.5) is 0 Å². The summed E-state index contributed by atoms with van der Waals surface area (Å²) in [5.41, 5.74) is 3.34. The molecule has 190 valence electrons. The Morgan fingerprint density at radius 1 is 0.711 bits per heavy atom. The molecule has 0 bridgehead atoms. The number of carbonyl (C=O) groups is 1. The fraction of sp³-hybridized carbons (Fsp3) is 0.133. The van der Waals surface area contributed by atoms with Crippen LogP contribution in [-0.2, 0) is 4.74 Å². The molecule has 38 heavy (non-hydrogen) atoms. The van der Waals surface area contributed by atoms with E-state index in [0.29, 0.717) is 27.1 Å². The van der Waals surface area contributed by atoms with E-state index in [9.17, 15) is 4.79 Å². The lowest BCUT2D eigenvalue weighted by atomic mass is 10.0. The second-order valence-corrected chi connectivity index (χ2v) is 10.4. The summed E-state index contributed by atoms with van der Waals surface area (Å²) in [6, 6.07) is 24.0. The monoisotopic (exact) mass is 543 g/mol. The Morgan fingerprint density at radius 2 is 1.26 bits per heavy atom. The number of esters is 1. The van der Waals surface area contributed by atoms with Crippen LogP contribution in [0.3, 0.4) is 0 Å². The molecule has 5 aromatic rings. The van der Waals surface area contributed by atoms with Crippen molar-refractivity contribution in [3.05, 3.63) is 101 Å². The molecule has 8 heteroatoms. The molecule has 0 aliphatic heterocycles. The highest BCUT2D eigenvalue weighted by Crippen LogP contribution is 2.35. The van der Waals surface area contributed by atoms with Gasteiger partial charge < -0.3 is 9.15 Å². The quantitative estimate of drug-likeness (QED) is 0.207. The van der Waals surface area contributed by atoms with Crippen molar-refractivity contribution < 1.29 is 13.9 Å². The number of hydrogen-bond donors (Lipinski definition) is 0. The van der Waals surface area contributed by atoms with Crippen LogP contribution in [0.5, 0.6) is 0 Å². The SMILES string of the molecule is CC(C)(C)OC(=O)c1nc(-c2ccc(Cl)cc2)c(-c2ccc(Cl)cc2)nc1-c1nc(-c2ccccc2)co1. The van der Waals surface area contributed by atoms with Gasteiger partial charge in [-0.1, -0.05) is 77.8 Å². The van der Waals surface area contributed by atoms with Crippen LogP contribution in [-0.4, -0.2) is 26.5 Å². The summed E-state index contributed by atoms with van der Waals surface area (Å²) >= 11 is 12.3. The first-order chi connectivity index (χ1) is 18.2. The molecule has 6 nitrogen and oxygen atoms in total. The van der Waals surface area contributed by atoms with Gasteiger partial charge in [0.15, 0.2) is 11.4 Å². The maximum absolute atomic E-state index is 13.4. The number of oxazole rings is 1. The van der Waals surface area contributed by atoms with Gasteiger partial charge in [-0.2, -0.15) is 0 Å². The lowest BCUT2D eigenvalue weighted by Gasteiger charge is -2.20. The average molecular weight is 544 g/mol. The van der Waals surface area contributed by atoms with Gasteiger partial charge in [-0.3, -0.25) is 0 Å². The zero-order valence-corrected chi connectivity index (χ0v) is 22.4. The molecule has 0 atom stereocenters. The minimum absolute atomic E-state index is 0.0101. The minimum Gasteiger partial charge on any atom is -0.455 e. The van der Waals surface area contributed by atoms with E-state index in [1.54, 1.807) is 45.0 Å². The van der Waals surface area contributed by atoms with Gasteiger partial charge in [0, 0.05) is 26.7 Å². The third kappa shape index (κ3) is 5.62. The van der Waals surface area contributed by atoms with E-state index in [0.717, 1.165) is 16.7 Å². The van der Waals surface area contributed by atoms with Gasteiger partial charge in [-0.25, -0.2) is 19.7 Å². The Kier molecular flexibility index (Phi) is 7.02. The molecule has 3 aromatic carbocycles. The first kappa shape index (κ1) is 25.6. The van der Waals surface area contributed by atoms with E-state index in [1.165, 1.54) is 6.26 Å². The van der Waals surface area contributed by atoms with Crippen LogP contribution in [0.25, 0.3) is 45.4 Å². The van der Waals surface area contributed by atoms with Gasteiger partial charge in [0.05, 0.1) is 11.4 Å². The Hall–Kier alpha value is -4.00. The first-order valence-electron chi connectivity index (χ1n) is 11.9. The van der Waals surface area contributed by atoms with Crippen molar-refractivity contribution in [3.63, 3.8) is 0 Å². The van der Waals surface area contributed by atoms with E-state index in [1.807, 2.05) is 54.6 Å². The van der Waals surface area contributed by atoms with Gasteiger partial charge in [0.25, 0.3) is 0 Å². The molecule has 0 radical (unpaired) electrons. The number of aromatic nitrogens is 3. The van der Waals surface area contributed by atoms with Gasteiger partial charge >= 0.3 is 5.97 Å². The van der Waals surface area contributed by atoms with Gasteiger partial charge in [-0.15, -0.1) is 0 Å². The maximum atomic E-state index is 13.4. The average Bonchev–Trinajstić information content (AvgIpc) is 3.39. The molecular formula is C30H23Cl2N3O3. The van der Waals surface area contributed by atoms with Crippen LogP contribution in [0.15, 0.2) is 89.5 Å². The number of halogens is 2. The van der Waals surface area contributed by atoms with Crippen molar-refractivity contribution in [2.24, 2.45) is 0 Å². The van der Waals surface area contributed by atoms with Gasteiger partial charge in [-0.05, 0) is 45.0 Å². The number of carbonyl (C=O) groups excluding carboxylic acids is 1. The summed E-state index contributed by atoms with van der Waals surface area (Å²) in [4.78, 5) is 27.8. The third-order valence-corrected chi connectivity index (χ3v) is 6.00. The van der Waals surface area contributed by atoms with Crippen molar-refractivity contribution >= 4 is 29.2 Å². The third-order valence-electron chi connectivity index (χ3n) is 5.50. The predicted molar refractivity (Wildman–Crippen MR) is 149 cm³/mol. The van der Waals surface area contributed by atoms with Crippen molar-refractivity contribution in [1.29, 1.82) is 0 Å². The fourth-order valence-electron chi connectivity index (χ4n) is 3.80. The predicted octanol–water partition coefficient (Wildman–Crippen LogP) is 8.39. The van der Waals surface area contributed by atoms with Crippen molar-refractivity contribution in [2.75, 3.05) is 0 Å². The molecule has 0 fully saturated rings. The summed E-state index contributed by atoms with van der Waals surface area (Å²) in [7, 11) is 0. The highest BCUT2D eigenvalue weighted by Gasteiger charge is 2.29. The van der Waals surface area contributed by atoms with Crippen LogP contribution < -0.4 is 0 Å². The molecule has 0 unspecified atom stereocenters. The topological polar surface area (TPSA) is 78.1 Å². The van der Waals surface area contributed by atoms with Crippen molar-refractivity contribution in [3.8, 4) is 45.4 Å². The van der Waals surface area contributed by atoms with E-state index < -0.39 is 11.6 Å². The molecule has 0 N–H and O–H groups in total. The lowest BCUT2D eigenvalue weighted by molar-refractivity contribution is 0.00632. The molecule has 0 saturated carbocycles. The molecular weight excluding hydrogens is 521 g/mol. The number of rotatable bonds is 5. The highest BCUT2D eigenvalue weighted by molar-refractivity contribution is 6.31. The van der Waals surface area contributed by atoms with E-state index in [4.69, 9.17) is 42.3 Å². The highest BCUT2D eigenvalue weighted by atomic mass is 35.5. The fourth-order valence-corrected chi connectivity index (χ4v) is 4.05. The maximum Gasteiger partial charge on any atom is 0.359 e. The molecule has 2 aromatic heterocycles. The Balaban J connectivity index is 1.75. The summed E-state index contributed by atoms with van der Waals surface area (Å²) in [6.07, 6.45) is 1.53. The molecule has 0 saturated heterocycles. The van der Waals surface area contributed by atoms with Crippen molar-refractivity contribution in [2.45, 2.75) is 26.4 Å². The standard InChI is InChI=1S/C30H23Cl2N3O3/c1-30(2,3)38-29(36)27-26(28-33-23(17-37-28)18-7-5-4-6-8-18)34-24(19-9-13-21(31)14-10-19)25(35-27)20-11-15-22(32)16-12-20/h4-17H,1-3H3. The van der Waals surface area contributed by atoms with E-state index in [2.05, 4.69) is 4.98 Å². The summed E-state index contributed by atoms with van der Waals surface area (Å²) in [5.74, 6) is -0.493. The Bertz CT molecular complexity index is 1590. The van der Waals surface area contributed by atoms with Gasteiger partial charge in [0.1, 0.15) is 17.6 Å². The number of nitrogens with zero attached hydrogens (tertiary/aromatic N) is 3. The summed E-state index contributed by atoms with van der Waals surface area (Å²) in [5, 5.41) is 1.16. The van der Waals surface area contributed by atoms with Crippen LogP contribution in [0.2, 0.25) is 10.0 Å². The zero-order valence-electron chi connectivity index (χ0n) is 20.9. The van der Waals surface area contributed by atoms with E-state index in [-0.39, 0.29) is 17.3 Å². The molecule has 0 aliphatic rings.